The highest BCUT2D eigenvalue weighted by molar-refractivity contribution is 7.16. The quantitative estimate of drug-likeness (QED) is 0.614. The summed E-state index contributed by atoms with van der Waals surface area (Å²) in [6.45, 7) is -0.464. The van der Waals surface area contributed by atoms with Crippen molar-refractivity contribution in [2.75, 3.05) is 17.7 Å². The van der Waals surface area contributed by atoms with Crippen LogP contribution in [0, 0.1) is 11.3 Å². The molecule has 134 valence electrons. The maximum Gasteiger partial charge on any atom is 0.340 e. The summed E-state index contributed by atoms with van der Waals surface area (Å²) in [6, 6.07) is 6.57. The third-order valence-electron chi connectivity index (χ3n) is 4.10. The van der Waals surface area contributed by atoms with Crippen LogP contribution in [0.1, 0.15) is 39.2 Å². The number of nitrogens with one attached hydrogen (secondary N) is 1. The largest absolute Gasteiger partial charge is 0.452 e. The topological polar surface area (TPSA) is 105 Å². The van der Waals surface area contributed by atoms with Gasteiger partial charge in [-0.25, -0.2) is 4.79 Å². The highest BCUT2D eigenvalue weighted by Gasteiger charge is 2.22. The minimum atomic E-state index is -0.708. The molecule has 0 radical (unpaired) electrons. The first-order valence-corrected chi connectivity index (χ1v) is 9.25. The van der Waals surface area contributed by atoms with Gasteiger partial charge in [0.2, 0.25) is 0 Å². The molecule has 1 aromatic carbocycles. The van der Waals surface area contributed by atoms with E-state index in [1.165, 1.54) is 29.5 Å². The minimum absolute atomic E-state index is 0.145. The smallest absolute Gasteiger partial charge is 0.340 e. The lowest BCUT2D eigenvalue weighted by atomic mass is 9.96. The maximum absolute atomic E-state index is 12.1. The minimum Gasteiger partial charge on any atom is -0.452 e. The van der Waals surface area contributed by atoms with Crippen LogP contribution in [0.25, 0.3) is 0 Å². The Hall–Kier alpha value is -2.56. The van der Waals surface area contributed by atoms with Crippen LogP contribution in [0.5, 0.6) is 0 Å². The van der Waals surface area contributed by atoms with Gasteiger partial charge in [-0.3, -0.25) is 4.79 Å². The van der Waals surface area contributed by atoms with E-state index in [1.54, 1.807) is 0 Å². The Morgan fingerprint density at radius 3 is 2.85 bits per heavy atom. The number of nitrogen functional groups attached to an aromatic ring is 1. The number of ether oxygens (including phenoxy) is 1. The molecule has 0 bridgehead atoms. The van der Waals surface area contributed by atoms with E-state index in [1.807, 2.05) is 0 Å². The van der Waals surface area contributed by atoms with Gasteiger partial charge in [-0.2, -0.15) is 5.26 Å². The molecule has 26 heavy (non-hydrogen) atoms. The van der Waals surface area contributed by atoms with Gasteiger partial charge in [0.1, 0.15) is 11.1 Å². The Kier molecular flexibility index (Phi) is 5.45. The number of esters is 1. The molecule has 0 saturated carbocycles. The number of anilines is 2. The fraction of sp³-hybridized carbons (Fsp3) is 0.278. The summed E-state index contributed by atoms with van der Waals surface area (Å²) in [7, 11) is 0. The summed E-state index contributed by atoms with van der Waals surface area (Å²) in [5, 5.41) is 13.0. The van der Waals surface area contributed by atoms with Crippen molar-refractivity contribution in [1.82, 2.24) is 0 Å². The number of hydrogen-bond acceptors (Lipinski definition) is 6. The molecule has 2 aromatic rings. The molecule has 6 nitrogen and oxygen atoms in total. The maximum atomic E-state index is 12.1. The summed E-state index contributed by atoms with van der Waals surface area (Å²) >= 11 is 7.21. The molecule has 3 rings (SSSR count). The van der Waals surface area contributed by atoms with E-state index < -0.39 is 18.5 Å². The third kappa shape index (κ3) is 3.82. The summed E-state index contributed by atoms with van der Waals surface area (Å²) in [6.07, 6.45) is 3.92. The van der Waals surface area contributed by atoms with Crippen molar-refractivity contribution < 1.29 is 14.3 Å². The molecule has 0 unspecified atom stereocenters. The number of fused-ring (bicyclic) bond motifs is 1. The second kappa shape index (κ2) is 7.77. The third-order valence-corrected chi connectivity index (χ3v) is 5.55. The van der Waals surface area contributed by atoms with Crippen LogP contribution in [-0.4, -0.2) is 18.5 Å². The fourth-order valence-corrected chi connectivity index (χ4v) is 4.30. The molecule has 1 aliphatic rings. The van der Waals surface area contributed by atoms with Crippen molar-refractivity contribution in [1.29, 1.82) is 5.26 Å². The first kappa shape index (κ1) is 18.2. The number of hydrogen-bond donors (Lipinski definition) is 2. The average Bonchev–Trinajstić information content (AvgIpc) is 2.96. The Balaban J connectivity index is 1.64. The molecular formula is C18H16ClN3O3S. The average molecular weight is 390 g/mol. The van der Waals surface area contributed by atoms with Crippen LogP contribution >= 0.6 is 22.9 Å². The number of halogens is 1. The van der Waals surface area contributed by atoms with Crippen LogP contribution in [-0.2, 0) is 22.4 Å². The molecule has 0 fully saturated rings. The number of thiophene rings is 1. The van der Waals surface area contributed by atoms with Crippen molar-refractivity contribution in [3.63, 3.8) is 0 Å². The summed E-state index contributed by atoms with van der Waals surface area (Å²) < 4.78 is 5.01. The van der Waals surface area contributed by atoms with Gasteiger partial charge in [0.25, 0.3) is 5.91 Å². The molecule has 1 heterocycles. The molecular weight excluding hydrogens is 374 g/mol. The van der Waals surface area contributed by atoms with Crippen molar-refractivity contribution in [2.45, 2.75) is 25.7 Å². The number of carbonyl (C=O) groups is 2. The fourth-order valence-electron chi connectivity index (χ4n) is 2.86. The first-order chi connectivity index (χ1) is 12.5. The summed E-state index contributed by atoms with van der Waals surface area (Å²) in [4.78, 5) is 25.3. The van der Waals surface area contributed by atoms with Crippen LogP contribution < -0.4 is 11.1 Å². The van der Waals surface area contributed by atoms with Crippen molar-refractivity contribution in [3.8, 4) is 6.07 Å². The van der Waals surface area contributed by atoms with Crippen molar-refractivity contribution in [3.05, 3.63) is 44.8 Å². The predicted molar refractivity (Wildman–Crippen MR) is 100 cm³/mol. The SMILES string of the molecule is N#Cc1c(NC(=O)COC(=O)c2ccc(Cl)cc2N)sc2c1CCCC2. The molecule has 0 atom stereocenters. The van der Waals surface area contributed by atoms with E-state index >= 15 is 0 Å². The Bertz CT molecular complexity index is 917. The van der Waals surface area contributed by atoms with E-state index in [0.717, 1.165) is 36.1 Å². The van der Waals surface area contributed by atoms with Crippen molar-refractivity contribution >= 4 is 45.5 Å². The zero-order valence-corrected chi connectivity index (χ0v) is 15.4. The van der Waals surface area contributed by atoms with Crippen LogP contribution in [0.3, 0.4) is 0 Å². The number of nitrogens with zero attached hydrogens (tertiary/aromatic N) is 1. The molecule has 1 amide bonds. The molecule has 3 N–H and O–H groups in total. The van der Waals surface area contributed by atoms with E-state index in [9.17, 15) is 14.9 Å². The van der Waals surface area contributed by atoms with Gasteiger partial charge in [0, 0.05) is 15.6 Å². The molecule has 0 saturated heterocycles. The molecule has 1 aliphatic carbocycles. The monoisotopic (exact) mass is 389 g/mol. The Morgan fingerprint density at radius 2 is 2.12 bits per heavy atom. The normalized spacial score (nSPS) is 12.8. The summed E-state index contributed by atoms with van der Waals surface area (Å²) in [5.74, 6) is -1.21. The highest BCUT2D eigenvalue weighted by atomic mass is 35.5. The zero-order valence-electron chi connectivity index (χ0n) is 13.8. The van der Waals surface area contributed by atoms with E-state index in [2.05, 4.69) is 11.4 Å². The number of benzene rings is 1. The standard InChI is InChI=1S/C18H16ClN3O3S/c19-10-5-6-12(14(21)7-10)18(24)25-9-16(23)22-17-13(8-20)11-3-1-2-4-15(11)26-17/h5-7H,1-4,9,21H2,(H,22,23). The Labute approximate surface area is 159 Å². The molecule has 0 aliphatic heterocycles. The number of carbonyl (C=O) groups excluding carboxylic acids is 2. The van der Waals surface area contributed by atoms with E-state index in [4.69, 9.17) is 22.1 Å². The first-order valence-electron chi connectivity index (χ1n) is 8.06. The molecule has 8 heteroatoms. The number of nitrogens with two attached hydrogens (primary N) is 1. The number of nitriles is 1. The zero-order chi connectivity index (χ0) is 18.7. The van der Waals surface area contributed by atoms with E-state index in [-0.39, 0.29) is 11.3 Å². The van der Waals surface area contributed by atoms with Gasteiger partial charge in [-0.1, -0.05) is 11.6 Å². The van der Waals surface area contributed by atoms with Gasteiger partial charge in [-0.05, 0) is 49.4 Å². The van der Waals surface area contributed by atoms with Gasteiger partial charge < -0.3 is 15.8 Å². The van der Waals surface area contributed by atoms with Crippen molar-refractivity contribution in [2.24, 2.45) is 0 Å². The van der Waals surface area contributed by atoms with Crippen LogP contribution in [0.2, 0.25) is 5.02 Å². The van der Waals surface area contributed by atoms with Crippen LogP contribution in [0.15, 0.2) is 18.2 Å². The van der Waals surface area contributed by atoms with Gasteiger partial charge in [-0.15, -0.1) is 11.3 Å². The van der Waals surface area contributed by atoms with Gasteiger partial charge in [0.15, 0.2) is 6.61 Å². The molecule has 0 spiro atoms. The summed E-state index contributed by atoms with van der Waals surface area (Å²) in [5.41, 5.74) is 7.60. The highest BCUT2D eigenvalue weighted by Crippen LogP contribution is 2.37. The van der Waals surface area contributed by atoms with Gasteiger partial charge in [0.05, 0.1) is 11.1 Å². The number of amides is 1. The second-order valence-corrected chi connectivity index (χ2v) is 7.42. The predicted octanol–water partition coefficient (Wildman–Crippen LogP) is 3.53. The van der Waals surface area contributed by atoms with E-state index in [0.29, 0.717) is 15.6 Å². The van der Waals surface area contributed by atoms with Crippen LogP contribution in [0.4, 0.5) is 10.7 Å². The van der Waals surface area contributed by atoms with Gasteiger partial charge >= 0.3 is 5.97 Å². The lowest BCUT2D eigenvalue weighted by Crippen LogP contribution is -2.21. The Morgan fingerprint density at radius 1 is 1.35 bits per heavy atom. The number of aryl methyl sites for hydroxylation is 1. The molecule has 1 aromatic heterocycles. The lowest BCUT2D eigenvalue weighted by Gasteiger charge is -2.09. The second-order valence-electron chi connectivity index (χ2n) is 5.88. The lowest BCUT2D eigenvalue weighted by molar-refractivity contribution is -0.119. The number of rotatable bonds is 4.